The Labute approximate surface area is 260 Å². The molecule has 4 amide bonds. The van der Waals surface area contributed by atoms with Gasteiger partial charge in [-0.2, -0.15) is 0 Å². The number of fused-ring (bicyclic) bond motifs is 4. The molecule has 0 aromatic rings. The van der Waals surface area contributed by atoms with E-state index in [2.05, 4.69) is 50.6 Å². The van der Waals surface area contributed by atoms with Gasteiger partial charge in [-0.3, -0.25) is 25.2 Å². The van der Waals surface area contributed by atoms with Gasteiger partial charge >= 0.3 is 12.2 Å². The van der Waals surface area contributed by atoms with Crippen molar-refractivity contribution in [1.29, 1.82) is 0 Å². The molecule has 6 atom stereocenters. The van der Waals surface area contributed by atoms with Gasteiger partial charge in [-0.1, -0.05) is 24.3 Å². The van der Waals surface area contributed by atoms with Crippen molar-refractivity contribution >= 4 is 41.6 Å². The average Bonchev–Trinajstić information content (AvgIpc) is 3.70. The first kappa shape index (κ1) is 34.4. The highest BCUT2D eigenvalue weighted by atomic mass is 35.5. The minimum absolute atomic E-state index is 0.0169. The Hall–Kier alpha value is -3.08. The molecule has 4 N–H and O–H groups in total. The topological polar surface area (TPSA) is 147 Å². The molecule has 4 rings (SSSR count). The van der Waals surface area contributed by atoms with Crippen LogP contribution in [0.2, 0.25) is 0 Å². The highest BCUT2D eigenvalue weighted by molar-refractivity contribution is 6.27. The Balaban J connectivity index is 0.000000321. The molecule has 2 saturated carbocycles. The number of nitrogens with zero attached hydrogens (tertiary/aromatic N) is 1. The molecule has 0 radical (unpaired) electrons. The largest absolute Gasteiger partial charge is 0.444 e. The molecule has 240 valence electrons. The van der Waals surface area contributed by atoms with Gasteiger partial charge in [0.15, 0.2) is 0 Å². The predicted molar refractivity (Wildman–Crippen MR) is 165 cm³/mol. The zero-order valence-electron chi connectivity index (χ0n) is 26.2. The molecule has 4 aliphatic carbocycles. The third-order valence-electron chi connectivity index (χ3n) is 7.63. The fraction of sp³-hybridized carbons (Fsp3) is 0.710. The lowest BCUT2D eigenvalue weighted by molar-refractivity contribution is -0.125. The summed E-state index contributed by atoms with van der Waals surface area (Å²) in [4.78, 5) is 51.5. The van der Waals surface area contributed by atoms with Crippen molar-refractivity contribution in [3.05, 3.63) is 24.3 Å². The zero-order chi connectivity index (χ0) is 31.8. The van der Waals surface area contributed by atoms with E-state index in [1.54, 1.807) is 41.5 Å². The van der Waals surface area contributed by atoms with Crippen LogP contribution in [0.3, 0.4) is 0 Å². The maximum atomic E-state index is 12.4. The Morgan fingerprint density at radius 1 is 0.791 bits per heavy atom. The van der Waals surface area contributed by atoms with E-state index in [9.17, 15) is 19.2 Å². The van der Waals surface area contributed by atoms with Gasteiger partial charge in [0.2, 0.25) is 17.8 Å². The van der Waals surface area contributed by atoms with Crippen LogP contribution in [0.5, 0.6) is 0 Å². The van der Waals surface area contributed by atoms with Crippen LogP contribution in [0.4, 0.5) is 9.59 Å². The van der Waals surface area contributed by atoms with Crippen molar-refractivity contribution in [2.75, 3.05) is 25.5 Å². The minimum atomic E-state index is -0.755. The molecule has 43 heavy (non-hydrogen) atoms. The Morgan fingerprint density at radius 3 is 1.79 bits per heavy atom. The number of hydrogen-bond donors (Lipinski definition) is 4. The molecular weight excluding hydrogens is 574 g/mol. The highest BCUT2D eigenvalue weighted by Gasteiger charge is 2.39. The second-order valence-corrected chi connectivity index (χ2v) is 13.9. The molecule has 11 nitrogen and oxygen atoms in total. The number of guanidine groups is 1. The predicted octanol–water partition coefficient (Wildman–Crippen LogP) is 4.27. The van der Waals surface area contributed by atoms with Crippen LogP contribution >= 0.6 is 11.6 Å². The van der Waals surface area contributed by atoms with Gasteiger partial charge in [0.25, 0.3) is 0 Å². The number of alkyl carbamates (subject to hydrolysis) is 2. The summed E-state index contributed by atoms with van der Waals surface area (Å²) < 4.78 is 10.4. The van der Waals surface area contributed by atoms with Gasteiger partial charge in [-0.15, -0.1) is 11.6 Å². The minimum Gasteiger partial charge on any atom is -0.444 e. The second kappa shape index (κ2) is 15.1. The summed E-state index contributed by atoms with van der Waals surface area (Å²) in [6, 6.07) is 0. The monoisotopic (exact) mass is 621 g/mol. The van der Waals surface area contributed by atoms with E-state index < -0.39 is 23.4 Å². The van der Waals surface area contributed by atoms with Gasteiger partial charge in [-0.25, -0.2) is 9.59 Å². The summed E-state index contributed by atoms with van der Waals surface area (Å²) in [7, 11) is 0. The SMILES string of the molecule is CC(C)(C)OC(=O)NC(=NCCNC(=O)C1CC2C=CC1C2)NC(=O)OC(C)(C)C.O=C(CCl)NCC1CC2C=CC1C2. The lowest BCUT2D eigenvalue weighted by Gasteiger charge is -2.22. The third-order valence-corrected chi connectivity index (χ3v) is 7.88. The molecule has 0 spiro atoms. The van der Waals surface area contributed by atoms with Crippen molar-refractivity contribution in [1.82, 2.24) is 21.3 Å². The van der Waals surface area contributed by atoms with Gasteiger partial charge < -0.3 is 20.1 Å². The fourth-order valence-electron chi connectivity index (χ4n) is 5.89. The number of rotatable bonds is 7. The van der Waals surface area contributed by atoms with E-state index in [-0.39, 0.29) is 42.7 Å². The standard InChI is InChI=1S/C21H34N4O5.C10H14ClNO/c1-20(2,3)29-18(27)24-17(25-19(28)30-21(4,5)6)23-10-9-22-16(26)15-12-13-7-8-14(15)11-13;11-5-10(13)12-6-9-4-7-1-2-8(9)3-7/h7-8,13-15H,9-12H2,1-6H3,(H,22,26)(H2,23,24,25,27,28);1-2,7-9H,3-6H2,(H,12,13). The van der Waals surface area contributed by atoms with E-state index in [1.165, 1.54) is 12.8 Å². The number of alkyl halides is 1. The quantitative estimate of drug-likeness (QED) is 0.110. The summed E-state index contributed by atoms with van der Waals surface area (Å²) in [5.41, 5.74) is -1.41. The summed E-state index contributed by atoms with van der Waals surface area (Å²) in [6.45, 7) is 11.6. The van der Waals surface area contributed by atoms with Crippen molar-refractivity contribution in [3.63, 3.8) is 0 Å². The van der Waals surface area contributed by atoms with Crippen LogP contribution in [0, 0.1) is 35.5 Å². The molecule has 0 aromatic carbocycles. The van der Waals surface area contributed by atoms with Gasteiger partial charge in [0.1, 0.15) is 17.1 Å². The highest BCUT2D eigenvalue weighted by Crippen LogP contribution is 2.44. The first-order valence-electron chi connectivity index (χ1n) is 15.1. The molecule has 4 aliphatic rings. The average molecular weight is 622 g/mol. The molecule has 2 fully saturated rings. The number of nitrogens with one attached hydrogen (secondary N) is 4. The van der Waals surface area contributed by atoms with Gasteiger partial charge in [0, 0.05) is 19.0 Å². The number of carbonyl (C=O) groups is 4. The number of amides is 4. The third kappa shape index (κ3) is 11.8. The first-order chi connectivity index (χ1) is 20.1. The molecule has 0 heterocycles. The van der Waals surface area contributed by atoms with Crippen LogP contribution in [-0.2, 0) is 19.1 Å². The molecule has 6 unspecified atom stereocenters. The fourth-order valence-corrected chi connectivity index (χ4v) is 5.99. The summed E-state index contributed by atoms with van der Waals surface area (Å²) in [5, 5.41) is 10.6. The van der Waals surface area contributed by atoms with Crippen LogP contribution in [0.1, 0.15) is 67.2 Å². The van der Waals surface area contributed by atoms with Gasteiger partial charge in [-0.05, 0) is 96.8 Å². The van der Waals surface area contributed by atoms with E-state index in [1.807, 2.05) is 0 Å². The summed E-state index contributed by atoms with van der Waals surface area (Å²) >= 11 is 5.39. The maximum Gasteiger partial charge on any atom is 0.414 e. The van der Waals surface area contributed by atoms with Crippen molar-refractivity contribution < 1.29 is 28.7 Å². The van der Waals surface area contributed by atoms with E-state index in [0.717, 1.165) is 25.3 Å². The first-order valence-corrected chi connectivity index (χ1v) is 15.7. The molecule has 0 saturated heterocycles. The Morgan fingerprint density at radius 2 is 1.35 bits per heavy atom. The number of halogens is 1. The van der Waals surface area contributed by atoms with Crippen molar-refractivity contribution in [2.24, 2.45) is 40.5 Å². The van der Waals surface area contributed by atoms with Gasteiger partial charge in [0.05, 0.1) is 6.54 Å². The van der Waals surface area contributed by atoms with Crippen LogP contribution in [-0.4, -0.2) is 66.7 Å². The number of allylic oxidation sites excluding steroid dienone is 4. The van der Waals surface area contributed by atoms with Crippen molar-refractivity contribution in [3.8, 4) is 0 Å². The van der Waals surface area contributed by atoms with E-state index in [4.69, 9.17) is 21.1 Å². The van der Waals surface area contributed by atoms with E-state index in [0.29, 0.717) is 23.7 Å². The molecule has 4 bridgehead atoms. The lowest BCUT2D eigenvalue weighted by Crippen LogP contribution is -2.47. The zero-order valence-corrected chi connectivity index (χ0v) is 27.0. The number of carbonyl (C=O) groups excluding carboxylic acids is 4. The molecular formula is C31H48ClN5O6. The smallest absolute Gasteiger partial charge is 0.414 e. The normalized spacial score (nSPS) is 26.2. The Bertz CT molecular complexity index is 1080. The lowest BCUT2D eigenvalue weighted by atomic mass is 9.93. The van der Waals surface area contributed by atoms with E-state index >= 15 is 0 Å². The Kier molecular flexibility index (Phi) is 12.1. The van der Waals surface area contributed by atoms with Crippen LogP contribution in [0.25, 0.3) is 0 Å². The molecule has 0 aromatic heterocycles. The summed E-state index contributed by atoms with van der Waals surface area (Å²) in [5.74, 6) is 2.96. The number of aliphatic imine (C=N–C) groups is 1. The second-order valence-electron chi connectivity index (χ2n) is 13.6. The van der Waals surface area contributed by atoms with Crippen molar-refractivity contribution in [2.45, 2.75) is 78.4 Å². The molecule has 12 heteroatoms. The summed E-state index contributed by atoms with van der Waals surface area (Å²) in [6.07, 6.45) is 11.9. The van der Waals surface area contributed by atoms with Crippen LogP contribution < -0.4 is 21.3 Å². The maximum absolute atomic E-state index is 12.4. The molecule has 0 aliphatic heterocycles. The number of hydrogen-bond acceptors (Lipinski definition) is 7. The number of ether oxygens (including phenoxy) is 2. The van der Waals surface area contributed by atoms with Crippen LogP contribution in [0.15, 0.2) is 29.3 Å².